The lowest BCUT2D eigenvalue weighted by molar-refractivity contribution is 0.275. The first-order chi connectivity index (χ1) is 7.52. The second kappa shape index (κ2) is 5.32. The van der Waals surface area contributed by atoms with E-state index in [0.29, 0.717) is 6.42 Å². The van der Waals surface area contributed by atoms with Crippen LogP contribution in [0.3, 0.4) is 0 Å². The second-order valence-electron chi connectivity index (χ2n) is 4.20. The lowest BCUT2D eigenvalue weighted by Crippen LogP contribution is -2.15. The SMILES string of the molecule is COc1c(C)c(C)cc(C)c1C(N)CCO. The van der Waals surface area contributed by atoms with Crippen molar-refractivity contribution in [1.82, 2.24) is 0 Å². The average molecular weight is 223 g/mol. The van der Waals surface area contributed by atoms with E-state index in [4.69, 9.17) is 15.6 Å². The number of hydrogen-bond acceptors (Lipinski definition) is 3. The predicted octanol–water partition coefficient (Wildman–Crippen LogP) is 2.00. The molecule has 0 aliphatic heterocycles. The fourth-order valence-corrected chi connectivity index (χ4v) is 2.08. The van der Waals surface area contributed by atoms with Gasteiger partial charge in [-0.2, -0.15) is 0 Å². The molecule has 0 amide bonds. The number of aliphatic hydroxyl groups is 1. The Morgan fingerprint density at radius 2 is 1.94 bits per heavy atom. The van der Waals surface area contributed by atoms with E-state index in [1.165, 1.54) is 5.56 Å². The number of ether oxygens (including phenoxy) is 1. The van der Waals surface area contributed by atoms with Crippen LogP contribution in [0.5, 0.6) is 5.75 Å². The zero-order chi connectivity index (χ0) is 12.3. The molecule has 1 aromatic carbocycles. The number of rotatable bonds is 4. The molecule has 0 aliphatic rings. The van der Waals surface area contributed by atoms with Crippen molar-refractivity contribution in [2.45, 2.75) is 33.2 Å². The van der Waals surface area contributed by atoms with Crippen molar-refractivity contribution in [3.8, 4) is 5.75 Å². The van der Waals surface area contributed by atoms with E-state index in [1.54, 1.807) is 7.11 Å². The molecule has 0 spiro atoms. The Bertz CT molecular complexity index is 375. The first-order valence-corrected chi connectivity index (χ1v) is 5.54. The van der Waals surface area contributed by atoms with Crippen LogP contribution in [-0.4, -0.2) is 18.8 Å². The molecular formula is C13H21NO2. The molecule has 0 aromatic heterocycles. The normalized spacial score (nSPS) is 12.6. The van der Waals surface area contributed by atoms with Crippen LogP contribution in [0.2, 0.25) is 0 Å². The topological polar surface area (TPSA) is 55.5 Å². The molecule has 0 aliphatic carbocycles. The summed E-state index contributed by atoms with van der Waals surface area (Å²) in [4.78, 5) is 0. The molecule has 0 fully saturated rings. The van der Waals surface area contributed by atoms with Gasteiger partial charge in [-0.05, 0) is 43.9 Å². The van der Waals surface area contributed by atoms with Gasteiger partial charge in [-0.3, -0.25) is 0 Å². The maximum absolute atomic E-state index is 8.96. The molecular weight excluding hydrogens is 202 g/mol. The van der Waals surface area contributed by atoms with E-state index in [0.717, 1.165) is 22.4 Å². The van der Waals surface area contributed by atoms with E-state index < -0.39 is 0 Å². The van der Waals surface area contributed by atoms with Crippen molar-refractivity contribution >= 4 is 0 Å². The Morgan fingerprint density at radius 3 is 2.44 bits per heavy atom. The average Bonchev–Trinajstić information content (AvgIpc) is 2.23. The van der Waals surface area contributed by atoms with Gasteiger partial charge in [-0.1, -0.05) is 6.07 Å². The van der Waals surface area contributed by atoms with Gasteiger partial charge in [0.2, 0.25) is 0 Å². The summed E-state index contributed by atoms with van der Waals surface area (Å²) in [6.45, 7) is 6.22. The zero-order valence-electron chi connectivity index (χ0n) is 10.5. The minimum atomic E-state index is -0.167. The highest BCUT2D eigenvalue weighted by atomic mass is 16.5. The minimum absolute atomic E-state index is 0.0939. The van der Waals surface area contributed by atoms with Crippen molar-refractivity contribution < 1.29 is 9.84 Å². The number of aryl methyl sites for hydroxylation is 2. The van der Waals surface area contributed by atoms with Crippen LogP contribution < -0.4 is 10.5 Å². The molecule has 0 bridgehead atoms. The number of benzene rings is 1. The van der Waals surface area contributed by atoms with Crippen molar-refractivity contribution in [3.63, 3.8) is 0 Å². The van der Waals surface area contributed by atoms with Crippen molar-refractivity contribution in [2.24, 2.45) is 5.73 Å². The molecule has 16 heavy (non-hydrogen) atoms. The summed E-state index contributed by atoms with van der Waals surface area (Å²) in [6, 6.07) is 1.95. The summed E-state index contributed by atoms with van der Waals surface area (Å²) in [6.07, 6.45) is 0.555. The van der Waals surface area contributed by atoms with Crippen molar-refractivity contribution in [1.29, 1.82) is 0 Å². The molecule has 1 unspecified atom stereocenters. The van der Waals surface area contributed by atoms with Crippen LogP contribution in [-0.2, 0) is 0 Å². The fraction of sp³-hybridized carbons (Fsp3) is 0.538. The lowest BCUT2D eigenvalue weighted by Gasteiger charge is -2.20. The maximum atomic E-state index is 8.96. The van der Waals surface area contributed by atoms with E-state index in [1.807, 2.05) is 13.8 Å². The Morgan fingerprint density at radius 1 is 1.31 bits per heavy atom. The van der Waals surface area contributed by atoms with Crippen LogP contribution in [0.25, 0.3) is 0 Å². The molecule has 3 N–H and O–H groups in total. The molecule has 0 heterocycles. The quantitative estimate of drug-likeness (QED) is 0.821. The highest BCUT2D eigenvalue weighted by Crippen LogP contribution is 2.34. The van der Waals surface area contributed by atoms with Gasteiger partial charge in [0.1, 0.15) is 5.75 Å². The van der Waals surface area contributed by atoms with Crippen LogP contribution in [0, 0.1) is 20.8 Å². The first-order valence-electron chi connectivity index (χ1n) is 5.54. The van der Waals surface area contributed by atoms with Gasteiger partial charge in [-0.15, -0.1) is 0 Å². The van der Waals surface area contributed by atoms with Gasteiger partial charge < -0.3 is 15.6 Å². The Balaban J connectivity index is 3.30. The highest BCUT2D eigenvalue weighted by molar-refractivity contribution is 5.51. The van der Waals surface area contributed by atoms with E-state index in [9.17, 15) is 0 Å². The first kappa shape index (κ1) is 13.0. The van der Waals surface area contributed by atoms with Crippen LogP contribution in [0.4, 0.5) is 0 Å². The third-order valence-corrected chi connectivity index (χ3v) is 3.05. The third-order valence-electron chi connectivity index (χ3n) is 3.05. The Kier molecular flexibility index (Phi) is 4.33. The standard InChI is InChI=1S/C13H21NO2/c1-8-7-9(2)12(11(14)5-6-15)13(16-4)10(8)3/h7,11,15H,5-6,14H2,1-4H3. The molecule has 3 nitrogen and oxygen atoms in total. The summed E-state index contributed by atoms with van der Waals surface area (Å²) in [5.74, 6) is 0.860. The Hall–Kier alpha value is -1.06. The van der Waals surface area contributed by atoms with Gasteiger partial charge in [-0.25, -0.2) is 0 Å². The number of methoxy groups -OCH3 is 1. The zero-order valence-corrected chi connectivity index (χ0v) is 10.5. The van der Waals surface area contributed by atoms with Crippen molar-refractivity contribution in [3.05, 3.63) is 28.3 Å². The molecule has 1 rings (SSSR count). The van der Waals surface area contributed by atoms with Gasteiger partial charge in [0.15, 0.2) is 0 Å². The van der Waals surface area contributed by atoms with Crippen LogP contribution in [0.1, 0.15) is 34.7 Å². The fourth-order valence-electron chi connectivity index (χ4n) is 2.08. The molecule has 3 heteroatoms. The number of hydrogen-bond donors (Lipinski definition) is 2. The summed E-state index contributed by atoms with van der Waals surface area (Å²) in [5.41, 5.74) is 10.5. The molecule has 0 saturated heterocycles. The highest BCUT2D eigenvalue weighted by Gasteiger charge is 2.17. The molecule has 90 valence electrons. The van der Waals surface area contributed by atoms with Gasteiger partial charge in [0, 0.05) is 18.2 Å². The van der Waals surface area contributed by atoms with E-state index in [-0.39, 0.29) is 12.6 Å². The summed E-state index contributed by atoms with van der Waals surface area (Å²) in [5, 5.41) is 8.96. The number of nitrogens with two attached hydrogens (primary N) is 1. The number of aliphatic hydroxyl groups excluding tert-OH is 1. The lowest BCUT2D eigenvalue weighted by atomic mass is 9.93. The third kappa shape index (κ3) is 2.36. The van der Waals surface area contributed by atoms with E-state index >= 15 is 0 Å². The Labute approximate surface area is 97.2 Å². The van der Waals surface area contributed by atoms with Crippen LogP contribution in [0.15, 0.2) is 6.07 Å². The monoisotopic (exact) mass is 223 g/mol. The van der Waals surface area contributed by atoms with Gasteiger partial charge in [0.25, 0.3) is 0 Å². The molecule has 1 aromatic rings. The second-order valence-corrected chi connectivity index (χ2v) is 4.20. The van der Waals surface area contributed by atoms with Crippen LogP contribution >= 0.6 is 0 Å². The smallest absolute Gasteiger partial charge is 0.127 e. The van der Waals surface area contributed by atoms with Gasteiger partial charge in [0.05, 0.1) is 7.11 Å². The summed E-state index contributed by atoms with van der Waals surface area (Å²) >= 11 is 0. The van der Waals surface area contributed by atoms with Gasteiger partial charge >= 0.3 is 0 Å². The molecule has 1 atom stereocenters. The minimum Gasteiger partial charge on any atom is -0.496 e. The van der Waals surface area contributed by atoms with Crippen molar-refractivity contribution in [2.75, 3.05) is 13.7 Å². The predicted molar refractivity (Wildman–Crippen MR) is 65.8 cm³/mol. The summed E-state index contributed by atoms with van der Waals surface area (Å²) < 4.78 is 5.44. The largest absolute Gasteiger partial charge is 0.496 e. The molecule has 0 radical (unpaired) electrons. The van der Waals surface area contributed by atoms with E-state index in [2.05, 4.69) is 13.0 Å². The maximum Gasteiger partial charge on any atom is 0.127 e. The summed E-state index contributed by atoms with van der Waals surface area (Å²) in [7, 11) is 1.66. The molecule has 0 saturated carbocycles.